The van der Waals surface area contributed by atoms with Gasteiger partial charge in [0, 0.05) is 28.1 Å². The molecule has 4 rings (SSSR count). The van der Waals surface area contributed by atoms with Gasteiger partial charge in [0.25, 0.3) is 0 Å². The van der Waals surface area contributed by atoms with Crippen LogP contribution in [0.2, 0.25) is 0 Å². The quantitative estimate of drug-likeness (QED) is 0.657. The molecule has 120 valence electrons. The molecular weight excluding hydrogens is 366 g/mol. The van der Waals surface area contributed by atoms with E-state index in [2.05, 4.69) is 45.8 Å². The lowest BCUT2D eigenvalue weighted by Crippen LogP contribution is -2.00. The molecule has 0 spiro atoms. The van der Waals surface area contributed by atoms with Crippen LogP contribution in [0.15, 0.2) is 46.9 Å². The highest BCUT2D eigenvalue weighted by Gasteiger charge is 2.21. The van der Waals surface area contributed by atoms with Crippen LogP contribution < -0.4 is 0 Å². The first kappa shape index (κ1) is 15.2. The highest BCUT2D eigenvalue weighted by Crippen LogP contribution is 2.39. The van der Waals surface area contributed by atoms with Crippen LogP contribution in [-0.2, 0) is 13.5 Å². The fourth-order valence-corrected chi connectivity index (χ4v) is 4.00. The molecule has 0 saturated heterocycles. The average Bonchev–Trinajstić information content (AvgIpc) is 2.88. The monoisotopic (exact) mass is 381 g/mol. The average molecular weight is 382 g/mol. The summed E-state index contributed by atoms with van der Waals surface area (Å²) in [6.45, 7) is 0. The van der Waals surface area contributed by atoms with Crippen LogP contribution in [0.4, 0.5) is 0 Å². The number of fused-ring (bicyclic) bond motifs is 3. The topological polar surface area (TPSA) is 42.2 Å². The van der Waals surface area contributed by atoms with Crippen LogP contribution in [0, 0.1) is 0 Å². The van der Waals surface area contributed by atoms with E-state index in [0.717, 1.165) is 34.0 Å². The van der Waals surface area contributed by atoms with Crippen molar-refractivity contribution in [1.29, 1.82) is 0 Å². The van der Waals surface area contributed by atoms with E-state index in [1.54, 1.807) is 6.07 Å². The molecule has 2 aromatic carbocycles. The number of carbonyl (C=O) groups is 1. The van der Waals surface area contributed by atoms with Gasteiger partial charge in [0.1, 0.15) is 0 Å². The lowest BCUT2D eigenvalue weighted by Gasteiger charge is -2.11. The molecule has 24 heavy (non-hydrogen) atoms. The first-order valence-corrected chi connectivity index (χ1v) is 8.67. The van der Waals surface area contributed by atoms with Crippen molar-refractivity contribution < 1.29 is 9.90 Å². The molecule has 0 atom stereocenters. The number of halogens is 1. The van der Waals surface area contributed by atoms with Gasteiger partial charge in [0.05, 0.1) is 5.56 Å². The fraction of sp³-hybridized carbons (Fsp3) is 0.150. The van der Waals surface area contributed by atoms with E-state index in [-0.39, 0.29) is 0 Å². The molecule has 1 aliphatic carbocycles. The summed E-state index contributed by atoms with van der Waals surface area (Å²) in [5.41, 5.74) is 5.75. The molecule has 0 radical (unpaired) electrons. The van der Waals surface area contributed by atoms with Crippen molar-refractivity contribution in [1.82, 2.24) is 4.57 Å². The SMILES string of the molecule is Cn1c2c(c3c(-c4ccc(Br)cc4C(=O)O)cccc31)CCC=C2. The summed E-state index contributed by atoms with van der Waals surface area (Å²) in [7, 11) is 2.07. The predicted octanol–water partition coefficient (Wildman–Crippen LogP) is 5.27. The van der Waals surface area contributed by atoms with Crippen molar-refractivity contribution in [3.05, 3.63) is 63.8 Å². The van der Waals surface area contributed by atoms with E-state index in [9.17, 15) is 9.90 Å². The number of hydrogen-bond donors (Lipinski definition) is 1. The molecule has 0 fully saturated rings. The Kier molecular flexibility index (Phi) is 3.57. The van der Waals surface area contributed by atoms with Crippen LogP contribution in [0.1, 0.15) is 28.0 Å². The molecule has 4 heteroatoms. The van der Waals surface area contributed by atoms with Gasteiger partial charge in [-0.25, -0.2) is 4.79 Å². The number of hydrogen-bond acceptors (Lipinski definition) is 1. The minimum atomic E-state index is -0.909. The van der Waals surface area contributed by atoms with Crippen molar-refractivity contribution >= 4 is 38.9 Å². The Bertz CT molecular complexity index is 1010. The Morgan fingerprint density at radius 3 is 2.83 bits per heavy atom. The zero-order valence-electron chi connectivity index (χ0n) is 13.2. The number of carboxylic acid groups (broad SMARTS) is 1. The Hall–Kier alpha value is -2.33. The number of aryl methyl sites for hydroxylation is 2. The van der Waals surface area contributed by atoms with Gasteiger partial charge in [-0.2, -0.15) is 0 Å². The largest absolute Gasteiger partial charge is 0.478 e. The molecule has 1 heterocycles. The predicted molar refractivity (Wildman–Crippen MR) is 100 cm³/mol. The summed E-state index contributed by atoms with van der Waals surface area (Å²) in [6.07, 6.45) is 6.37. The molecule has 3 nitrogen and oxygen atoms in total. The lowest BCUT2D eigenvalue weighted by molar-refractivity contribution is 0.0697. The molecule has 3 aromatic rings. The maximum absolute atomic E-state index is 11.7. The summed E-state index contributed by atoms with van der Waals surface area (Å²) in [6, 6.07) is 11.6. The number of rotatable bonds is 2. The second-order valence-electron chi connectivity index (χ2n) is 6.06. The summed E-state index contributed by atoms with van der Waals surface area (Å²) in [5, 5.41) is 10.8. The summed E-state index contributed by atoms with van der Waals surface area (Å²) in [4.78, 5) is 11.7. The number of carboxylic acids is 1. The van der Waals surface area contributed by atoms with Crippen molar-refractivity contribution in [2.24, 2.45) is 7.05 Å². The standard InChI is InChI=1S/C20H16BrNO2/c1-22-17-7-3-2-5-15(17)19-14(6-4-8-18(19)22)13-10-9-12(21)11-16(13)20(23)24/h3-4,6-11H,2,5H2,1H3,(H,23,24). The van der Waals surface area contributed by atoms with Gasteiger partial charge in [0.2, 0.25) is 0 Å². The van der Waals surface area contributed by atoms with Crippen LogP contribution in [0.25, 0.3) is 28.1 Å². The van der Waals surface area contributed by atoms with E-state index in [1.165, 1.54) is 16.6 Å². The normalized spacial score (nSPS) is 13.2. The van der Waals surface area contributed by atoms with Crippen LogP contribution in [-0.4, -0.2) is 15.6 Å². The number of aromatic carboxylic acids is 1. The van der Waals surface area contributed by atoms with Gasteiger partial charge < -0.3 is 9.67 Å². The minimum Gasteiger partial charge on any atom is -0.478 e. The summed E-state index contributed by atoms with van der Waals surface area (Å²) in [5.74, 6) is -0.909. The maximum Gasteiger partial charge on any atom is 0.336 e. The molecule has 0 aliphatic heterocycles. The first-order chi connectivity index (χ1) is 11.6. The Morgan fingerprint density at radius 1 is 1.21 bits per heavy atom. The van der Waals surface area contributed by atoms with Crippen LogP contribution in [0.3, 0.4) is 0 Å². The van der Waals surface area contributed by atoms with Crippen molar-refractivity contribution in [2.45, 2.75) is 12.8 Å². The molecule has 0 amide bonds. The Morgan fingerprint density at radius 2 is 2.04 bits per heavy atom. The highest BCUT2D eigenvalue weighted by atomic mass is 79.9. The zero-order valence-corrected chi connectivity index (χ0v) is 14.8. The van der Waals surface area contributed by atoms with Crippen LogP contribution in [0.5, 0.6) is 0 Å². The van der Waals surface area contributed by atoms with Gasteiger partial charge in [-0.15, -0.1) is 0 Å². The molecule has 0 saturated carbocycles. The van der Waals surface area contributed by atoms with Gasteiger partial charge in [-0.05, 0) is 53.8 Å². The third kappa shape index (κ3) is 2.21. The number of allylic oxidation sites excluding steroid dienone is 1. The second kappa shape index (κ2) is 5.64. The van der Waals surface area contributed by atoms with Crippen LogP contribution >= 0.6 is 15.9 Å². The fourth-order valence-electron chi connectivity index (χ4n) is 3.64. The van der Waals surface area contributed by atoms with Gasteiger partial charge in [-0.1, -0.05) is 40.2 Å². The van der Waals surface area contributed by atoms with E-state index in [4.69, 9.17) is 0 Å². The van der Waals surface area contributed by atoms with E-state index >= 15 is 0 Å². The number of aromatic nitrogens is 1. The van der Waals surface area contributed by atoms with E-state index < -0.39 is 5.97 Å². The molecule has 1 N–H and O–H groups in total. The van der Waals surface area contributed by atoms with Gasteiger partial charge in [0.15, 0.2) is 0 Å². The van der Waals surface area contributed by atoms with E-state index in [1.807, 2.05) is 24.3 Å². The van der Waals surface area contributed by atoms with Crippen molar-refractivity contribution in [3.63, 3.8) is 0 Å². The third-order valence-corrected chi connectivity index (χ3v) is 5.21. The molecule has 0 unspecified atom stereocenters. The Labute approximate surface area is 148 Å². The summed E-state index contributed by atoms with van der Waals surface area (Å²) >= 11 is 3.37. The molecule has 1 aliphatic rings. The third-order valence-electron chi connectivity index (χ3n) is 4.72. The lowest BCUT2D eigenvalue weighted by atomic mass is 9.92. The molecular formula is C20H16BrNO2. The number of nitrogens with zero attached hydrogens (tertiary/aromatic N) is 1. The minimum absolute atomic E-state index is 0.320. The van der Waals surface area contributed by atoms with Gasteiger partial charge in [-0.3, -0.25) is 0 Å². The van der Waals surface area contributed by atoms with Gasteiger partial charge >= 0.3 is 5.97 Å². The van der Waals surface area contributed by atoms with Crippen molar-refractivity contribution in [3.8, 4) is 11.1 Å². The smallest absolute Gasteiger partial charge is 0.336 e. The number of benzene rings is 2. The maximum atomic E-state index is 11.7. The second-order valence-corrected chi connectivity index (χ2v) is 6.97. The highest BCUT2D eigenvalue weighted by molar-refractivity contribution is 9.10. The Balaban J connectivity index is 2.10. The zero-order chi connectivity index (χ0) is 16.8. The van der Waals surface area contributed by atoms with E-state index in [0.29, 0.717) is 5.56 Å². The van der Waals surface area contributed by atoms with Crippen molar-refractivity contribution in [2.75, 3.05) is 0 Å². The first-order valence-electron chi connectivity index (χ1n) is 7.88. The molecule has 0 bridgehead atoms. The summed E-state index contributed by atoms with van der Waals surface area (Å²) < 4.78 is 2.97. The molecule has 1 aromatic heterocycles.